The Morgan fingerprint density at radius 2 is 2.15 bits per heavy atom. The third-order valence-electron chi connectivity index (χ3n) is 4.07. The molecule has 0 spiro atoms. The van der Waals surface area contributed by atoms with E-state index in [0.717, 1.165) is 19.4 Å². The predicted molar refractivity (Wildman–Crippen MR) is 77.8 cm³/mol. The molecule has 0 bridgehead atoms. The maximum Gasteiger partial charge on any atom is 0.236 e. The molecule has 1 heterocycles. The molecule has 1 aliphatic rings. The molecular weight excluding hydrogens is 255 g/mol. The van der Waals surface area contributed by atoms with E-state index in [-0.39, 0.29) is 11.7 Å². The van der Waals surface area contributed by atoms with E-state index in [1.54, 1.807) is 30.1 Å². The topological polar surface area (TPSA) is 23.6 Å². The van der Waals surface area contributed by atoms with Crippen molar-refractivity contribution in [2.45, 2.75) is 38.8 Å². The minimum atomic E-state index is -0.251. The molecule has 0 N–H and O–H groups in total. The van der Waals surface area contributed by atoms with Gasteiger partial charge in [-0.1, -0.05) is 24.6 Å². The summed E-state index contributed by atoms with van der Waals surface area (Å²) in [6, 6.07) is 7.08. The molecule has 0 aromatic heterocycles. The Labute approximate surface area is 120 Å². The fourth-order valence-corrected chi connectivity index (χ4v) is 2.66. The number of benzene rings is 1. The Morgan fingerprint density at radius 3 is 2.85 bits per heavy atom. The largest absolute Gasteiger partial charge is 0.340 e. The van der Waals surface area contributed by atoms with Crippen molar-refractivity contribution in [2.75, 3.05) is 20.1 Å². The standard InChI is InChI=1S/C16H23FN2O/c1-13-7-5-6-10-19(13)12-16(20)18(2)11-14-8-3-4-9-15(14)17/h3-4,8-9,13H,5-7,10-12H2,1-2H3. The average molecular weight is 278 g/mol. The number of rotatable bonds is 4. The smallest absolute Gasteiger partial charge is 0.236 e. The lowest BCUT2D eigenvalue weighted by Crippen LogP contribution is -2.44. The first-order chi connectivity index (χ1) is 9.58. The van der Waals surface area contributed by atoms with Crippen molar-refractivity contribution < 1.29 is 9.18 Å². The molecule has 1 aromatic carbocycles. The van der Waals surface area contributed by atoms with Gasteiger partial charge in [0.05, 0.1) is 6.54 Å². The van der Waals surface area contributed by atoms with Crippen LogP contribution in [0.1, 0.15) is 31.7 Å². The van der Waals surface area contributed by atoms with Gasteiger partial charge in [-0.3, -0.25) is 9.69 Å². The number of likely N-dealkylation sites (N-methyl/N-ethyl adjacent to an activating group) is 1. The summed E-state index contributed by atoms with van der Waals surface area (Å²) in [7, 11) is 1.74. The van der Waals surface area contributed by atoms with E-state index in [4.69, 9.17) is 0 Å². The van der Waals surface area contributed by atoms with Crippen LogP contribution in [0, 0.1) is 5.82 Å². The number of piperidine rings is 1. The number of hydrogen-bond donors (Lipinski definition) is 0. The Hall–Kier alpha value is -1.42. The third kappa shape index (κ3) is 3.79. The van der Waals surface area contributed by atoms with Crippen molar-refractivity contribution in [1.29, 1.82) is 0 Å². The monoisotopic (exact) mass is 278 g/mol. The zero-order valence-corrected chi connectivity index (χ0v) is 12.3. The zero-order valence-electron chi connectivity index (χ0n) is 12.3. The van der Waals surface area contributed by atoms with Gasteiger partial charge in [0.1, 0.15) is 5.82 Å². The van der Waals surface area contributed by atoms with Crippen LogP contribution < -0.4 is 0 Å². The molecule has 4 heteroatoms. The SMILES string of the molecule is CC1CCCCN1CC(=O)N(C)Cc1ccccc1F. The number of hydrogen-bond acceptors (Lipinski definition) is 2. The molecule has 1 aliphatic heterocycles. The van der Waals surface area contributed by atoms with Crippen LogP contribution in [0.5, 0.6) is 0 Å². The lowest BCUT2D eigenvalue weighted by atomic mass is 10.0. The van der Waals surface area contributed by atoms with E-state index >= 15 is 0 Å². The van der Waals surface area contributed by atoms with Crippen LogP contribution in [-0.2, 0) is 11.3 Å². The number of halogens is 1. The molecule has 0 radical (unpaired) electrons. The van der Waals surface area contributed by atoms with Crippen molar-refractivity contribution in [1.82, 2.24) is 9.80 Å². The predicted octanol–water partition coefficient (Wildman–Crippen LogP) is 2.66. The van der Waals surface area contributed by atoms with E-state index in [2.05, 4.69) is 11.8 Å². The summed E-state index contributed by atoms with van der Waals surface area (Å²) in [6.45, 7) is 3.92. The fraction of sp³-hybridized carbons (Fsp3) is 0.562. The quantitative estimate of drug-likeness (QED) is 0.845. The highest BCUT2D eigenvalue weighted by Crippen LogP contribution is 2.16. The number of amides is 1. The van der Waals surface area contributed by atoms with Crippen LogP contribution in [0.4, 0.5) is 4.39 Å². The van der Waals surface area contributed by atoms with Crippen molar-refractivity contribution in [2.24, 2.45) is 0 Å². The summed E-state index contributed by atoms with van der Waals surface area (Å²) in [6.07, 6.45) is 3.57. The number of likely N-dealkylation sites (tertiary alicyclic amines) is 1. The van der Waals surface area contributed by atoms with Crippen LogP contribution in [0.2, 0.25) is 0 Å². The lowest BCUT2D eigenvalue weighted by molar-refractivity contribution is -0.132. The van der Waals surface area contributed by atoms with E-state index in [1.807, 2.05) is 0 Å². The van der Waals surface area contributed by atoms with Crippen LogP contribution in [0.15, 0.2) is 24.3 Å². The van der Waals surface area contributed by atoms with Crippen molar-refractivity contribution in [3.8, 4) is 0 Å². The third-order valence-corrected chi connectivity index (χ3v) is 4.07. The number of carbonyl (C=O) groups is 1. The molecule has 1 fully saturated rings. The molecule has 1 aromatic rings. The van der Waals surface area contributed by atoms with Gasteiger partial charge in [0.25, 0.3) is 0 Å². The summed E-state index contributed by atoms with van der Waals surface area (Å²) in [4.78, 5) is 16.1. The van der Waals surface area contributed by atoms with Crippen molar-refractivity contribution in [3.05, 3.63) is 35.6 Å². The van der Waals surface area contributed by atoms with Gasteiger partial charge < -0.3 is 4.90 Å². The molecule has 2 rings (SSSR count). The lowest BCUT2D eigenvalue weighted by Gasteiger charge is -2.33. The first-order valence-electron chi connectivity index (χ1n) is 7.29. The van der Waals surface area contributed by atoms with Gasteiger partial charge in [-0.15, -0.1) is 0 Å². The van der Waals surface area contributed by atoms with E-state index < -0.39 is 0 Å². The second kappa shape index (κ2) is 6.84. The van der Waals surface area contributed by atoms with E-state index in [9.17, 15) is 9.18 Å². The Balaban J connectivity index is 1.90. The minimum absolute atomic E-state index is 0.0574. The van der Waals surface area contributed by atoms with E-state index in [1.165, 1.54) is 12.5 Å². The Bertz CT molecular complexity index is 464. The van der Waals surface area contributed by atoms with Gasteiger partial charge in [0.15, 0.2) is 0 Å². The highest BCUT2D eigenvalue weighted by molar-refractivity contribution is 5.78. The molecule has 0 aliphatic carbocycles. The van der Waals surface area contributed by atoms with Gasteiger partial charge in [-0.25, -0.2) is 4.39 Å². The second-order valence-electron chi connectivity index (χ2n) is 5.66. The Morgan fingerprint density at radius 1 is 1.40 bits per heavy atom. The van der Waals surface area contributed by atoms with Crippen LogP contribution in [-0.4, -0.2) is 41.9 Å². The molecular formula is C16H23FN2O. The minimum Gasteiger partial charge on any atom is -0.340 e. The van der Waals surface area contributed by atoms with E-state index in [0.29, 0.717) is 24.7 Å². The summed E-state index contributed by atoms with van der Waals surface area (Å²) in [5, 5.41) is 0. The maximum absolute atomic E-state index is 13.6. The molecule has 1 amide bonds. The van der Waals surface area contributed by atoms with Gasteiger partial charge >= 0.3 is 0 Å². The van der Waals surface area contributed by atoms with Gasteiger partial charge in [-0.2, -0.15) is 0 Å². The van der Waals surface area contributed by atoms with Crippen LogP contribution in [0.3, 0.4) is 0 Å². The molecule has 1 saturated heterocycles. The molecule has 1 unspecified atom stereocenters. The zero-order chi connectivity index (χ0) is 14.5. The molecule has 0 saturated carbocycles. The van der Waals surface area contributed by atoms with Crippen LogP contribution >= 0.6 is 0 Å². The Kier molecular flexibility index (Phi) is 5.12. The summed E-state index contributed by atoms with van der Waals surface area (Å²) < 4.78 is 13.6. The summed E-state index contributed by atoms with van der Waals surface area (Å²) in [5.74, 6) is -0.194. The maximum atomic E-state index is 13.6. The van der Waals surface area contributed by atoms with Crippen molar-refractivity contribution >= 4 is 5.91 Å². The van der Waals surface area contributed by atoms with Gasteiger partial charge in [-0.05, 0) is 32.4 Å². The highest BCUT2D eigenvalue weighted by Gasteiger charge is 2.22. The average Bonchev–Trinajstić information content (AvgIpc) is 2.43. The first kappa shape index (κ1) is 15.0. The highest BCUT2D eigenvalue weighted by atomic mass is 19.1. The van der Waals surface area contributed by atoms with Gasteiger partial charge in [0.2, 0.25) is 5.91 Å². The molecule has 1 atom stereocenters. The van der Waals surface area contributed by atoms with Gasteiger partial charge in [0, 0.05) is 25.2 Å². The molecule has 20 heavy (non-hydrogen) atoms. The summed E-state index contributed by atoms with van der Waals surface area (Å²) >= 11 is 0. The van der Waals surface area contributed by atoms with Crippen LogP contribution in [0.25, 0.3) is 0 Å². The fourth-order valence-electron chi connectivity index (χ4n) is 2.66. The number of carbonyl (C=O) groups excluding carboxylic acids is 1. The summed E-state index contributed by atoms with van der Waals surface area (Å²) in [5.41, 5.74) is 0.565. The van der Waals surface area contributed by atoms with Crippen molar-refractivity contribution in [3.63, 3.8) is 0 Å². The molecule has 110 valence electrons. The number of nitrogens with zero attached hydrogens (tertiary/aromatic N) is 2. The first-order valence-corrected chi connectivity index (χ1v) is 7.29. The second-order valence-corrected chi connectivity index (χ2v) is 5.66. The molecule has 3 nitrogen and oxygen atoms in total. The normalized spacial score (nSPS) is 19.9.